The van der Waals surface area contributed by atoms with Gasteiger partial charge in [-0.15, -0.1) is 0 Å². The van der Waals surface area contributed by atoms with E-state index in [-0.39, 0.29) is 30.2 Å². The molecule has 1 aliphatic heterocycles. The van der Waals surface area contributed by atoms with Crippen LogP contribution in [0.5, 0.6) is 5.75 Å². The summed E-state index contributed by atoms with van der Waals surface area (Å²) >= 11 is 0. The fourth-order valence-electron chi connectivity index (χ4n) is 3.72. The standard InChI is InChI=1S/C20H26N2O4/c1-12-6-4-5-7-16(12)21-19(24)11-22-17-10-15(13(2)23)8-9-18(17)26-14(3)20(22)25/h8-10,12,14,16H,4-7,11H2,1-3H3,(H,21,24). The molecule has 6 nitrogen and oxygen atoms in total. The second kappa shape index (κ2) is 7.48. The molecule has 1 fully saturated rings. The van der Waals surface area contributed by atoms with Crippen LogP contribution in [-0.2, 0) is 9.59 Å². The van der Waals surface area contributed by atoms with Gasteiger partial charge in [0.2, 0.25) is 5.91 Å². The van der Waals surface area contributed by atoms with Crippen molar-refractivity contribution in [3.8, 4) is 5.75 Å². The van der Waals surface area contributed by atoms with Gasteiger partial charge < -0.3 is 10.1 Å². The van der Waals surface area contributed by atoms with Crippen LogP contribution >= 0.6 is 0 Å². The first-order valence-electron chi connectivity index (χ1n) is 9.29. The van der Waals surface area contributed by atoms with Crippen molar-refractivity contribution in [1.29, 1.82) is 0 Å². The summed E-state index contributed by atoms with van der Waals surface area (Å²) in [5, 5.41) is 3.08. The van der Waals surface area contributed by atoms with E-state index in [1.54, 1.807) is 25.1 Å². The Balaban J connectivity index is 1.79. The van der Waals surface area contributed by atoms with Gasteiger partial charge in [-0.1, -0.05) is 19.8 Å². The molecular formula is C20H26N2O4. The van der Waals surface area contributed by atoms with Crippen LogP contribution in [0.4, 0.5) is 5.69 Å². The monoisotopic (exact) mass is 358 g/mol. The predicted molar refractivity (Wildman–Crippen MR) is 98.5 cm³/mol. The zero-order chi connectivity index (χ0) is 18.8. The van der Waals surface area contributed by atoms with Gasteiger partial charge in [0.05, 0.1) is 5.69 Å². The normalized spacial score (nSPS) is 25.3. The van der Waals surface area contributed by atoms with E-state index >= 15 is 0 Å². The average Bonchev–Trinajstić information content (AvgIpc) is 2.60. The van der Waals surface area contributed by atoms with Crippen LogP contribution in [0.15, 0.2) is 18.2 Å². The topological polar surface area (TPSA) is 75.7 Å². The lowest BCUT2D eigenvalue weighted by atomic mass is 9.86. The molecule has 0 radical (unpaired) electrons. The summed E-state index contributed by atoms with van der Waals surface area (Å²) in [5.74, 6) is 0.416. The molecule has 1 aliphatic carbocycles. The lowest BCUT2D eigenvalue weighted by Gasteiger charge is -2.34. The summed E-state index contributed by atoms with van der Waals surface area (Å²) < 4.78 is 5.62. The first-order valence-corrected chi connectivity index (χ1v) is 9.29. The molecule has 140 valence electrons. The average molecular weight is 358 g/mol. The van der Waals surface area contributed by atoms with E-state index in [9.17, 15) is 14.4 Å². The highest BCUT2D eigenvalue weighted by molar-refractivity contribution is 6.05. The maximum atomic E-state index is 12.6. The van der Waals surface area contributed by atoms with Crippen molar-refractivity contribution < 1.29 is 19.1 Å². The van der Waals surface area contributed by atoms with Gasteiger partial charge in [0.25, 0.3) is 5.91 Å². The Bertz CT molecular complexity index is 731. The fraction of sp³-hybridized carbons (Fsp3) is 0.550. The molecule has 6 heteroatoms. The number of carbonyl (C=O) groups excluding carboxylic acids is 3. The van der Waals surface area contributed by atoms with Crippen molar-refractivity contribution in [2.75, 3.05) is 11.4 Å². The number of carbonyl (C=O) groups is 3. The van der Waals surface area contributed by atoms with Crippen LogP contribution < -0.4 is 15.0 Å². The summed E-state index contributed by atoms with van der Waals surface area (Å²) in [6, 6.07) is 5.14. The summed E-state index contributed by atoms with van der Waals surface area (Å²) in [6.07, 6.45) is 3.75. The van der Waals surface area contributed by atoms with Crippen molar-refractivity contribution >= 4 is 23.3 Å². The third kappa shape index (κ3) is 3.74. The Labute approximate surface area is 153 Å². The minimum atomic E-state index is -0.660. The minimum Gasteiger partial charge on any atom is -0.479 e. The van der Waals surface area contributed by atoms with E-state index in [2.05, 4.69) is 12.2 Å². The van der Waals surface area contributed by atoms with Gasteiger partial charge >= 0.3 is 0 Å². The Morgan fingerprint density at radius 3 is 2.65 bits per heavy atom. The molecule has 2 amide bonds. The van der Waals surface area contributed by atoms with Crippen LogP contribution in [0, 0.1) is 5.92 Å². The van der Waals surface area contributed by atoms with Crippen molar-refractivity contribution in [2.45, 2.75) is 58.6 Å². The quantitative estimate of drug-likeness (QED) is 0.840. The maximum Gasteiger partial charge on any atom is 0.268 e. The largest absolute Gasteiger partial charge is 0.479 e. The van der Waals surface area contributed by atoms with Crippen molar-refractivity contribution in [3.63, 3.8) is 0 Å². The third-order valence-corrected chi connectivity index (χ3v) is 5.33. The lowest BCUT2D eigenvalue weighted by molar-refractivity contribution is -0.128. The molecule has 1 saturated carbocycles. The SMILES string of the molecule is CC(=O)c1ccc2c(c1)N(CC(=O)NC1CCCCC1C)C(=O)C(C)O2. The highest BCUT2D eigenvalue weighted by Gasteiger charge is 2.34. The number of hydrogen-bond acceptors (Lipinski definition) is 4. The van der Waals surface area contributed by atoms with E-state index in [4.69, 9.17) is 4.74 Å². The van der Waals surface area contributed by atoms with Crippen LogP contribution in [0.2, 0.25) is 0 Å². The van der Waals surface area contributed by atoms with Crippen molar-refractivity contribution in [2.24, 2.45) is 5.92 Å². The smallest absolute Gasteiger partial charge is 0.268 e. The van der Waals surface area contributed by atoms with Crippen LogP contribution in [-0.4, -0.2) is 36.3 Å². The zero-order valence-electron chi connectivity index (χ0n) is 15.6. The molecule has 0 saturated heterocycles. The molecule has 3 unspecified atom stereocenters. The second-order valence-electron chi connectivity index (χ2n) is 7.36. The van der Waals surface area contributed by atoms with E-state index in [0.717, 1.165) is 19.3 Å². The number of Topliss-reactive ketones (excluding diaryl/α,β-unsaturated/α-hetero) is 1. The number of ketones is 1. The number of ether oxygens (including phenoxy) is 1. The second-order valence-corrected chi connectivity index (χ2v) is 7.36. The van der Waals surface area contributed by atoms with Crippen molar-refractivity contribution in [3.05, 3.63) is 23.8 Å². The van der Waals surface area contributed by atoms with E-state index in [1.165, 1.54) is 18.2 Å². The highest BCUT2D eigenvalue weighted by Crippen LogP contribution is 2.35. The molecule has 0 aromatic heterocycles. The predicted octanol–water partition coefficient (Wildman–Crippen LogP) is 2.70. The summed E-state index contributed by atoms with van der Waals surface area (Å²) in [6.45, 7) is 5.22. The molecule has 0 bridgehead atoms. The van der Waals surface area contributed by atoms with Crippen LogP contribution in [0.3, 0.4) is 0 Å². The van der Waals surface area contributed by atoms with Gasteiger partial charge in [-0.2, -0.15) is 0 Å². The summed E-state index contributed by atoms with van der Waals surface area (Å²) in [7, 11) is 0. The number of benzene rings is 1. The molecule has 1 heterocycles. The molecule has 1 aromatic rings. The summed E-state index contributed by atoms with van der Waals surface area (Å²) in [5.41, 5.74) is 0.966. The van der Waals surface area contributed by atoms with Gasteiger partial charge in [0.15, 0.2) is 11.9 Å². The van der Waals surface area contributed by atoms with E-state index in [0.29, 0.717) is 22.9 Å². The minimum absolute atomic E-state index is 0.0654. The van der Waals surface area contributed by atoms with Gasteiger partial charge in [-0.25, -0.2) is 0 Å². The van der Waals surface area contributed by atoms with Crippen LogP contribution in [0.1, 0.15) is 56.8 Å². The number of rotatable bonds is 4. The van der Waals surface area contributed by atoms with Crippen molar-refractivity contribution in [1.82, 2.24) is 5.32 Å². The third-order valence-electron chi connectivity index (χ3n) is 5.33. The Kier molecular flexibility index (Phi) is 5.30. The van der Waals surface area contributed by atoms with E-state index in [1.807, 2.05) is 0 Å². The number of anilines is 1. The molecule has 1 N–H and O–H groups in total. The zero-order valence-corrected chi connectivity index (χ0v) is 15.6. The van der Waals surface area contributed by atoms with E-state index < -0.39 is 6.10 Å². The number of amides is 2. The Morgan fingerprint density at radius 1 is 1.23 bits per heavy atom. The number of hydrogen-bond donors (Lipinski definition) is 1. The van der Waals surface area contributed by atoms with Gasteiger partial charge in [-0.3, -0.25) is 19.3 Å². The molecule has 2 aliphatic rings. The molecule has 3 rings (SSSR count). The number of nitrogens with zero attached hydrogens (tertiary/aromatic N) is 1. The molecular weight excluding hydrogens is 332 g/mol. The Morgan fingerprint density at radius 2 is 1.96 bits per heavy atom. The van der Waals surface area contributed by atoms with Crippen LogP contribution in [0.25, 0.3) is 0 Å². The molecule has 0 spiro atoms. The first kappa shape index (κ1) is 18.4. The maximum absolute atomic E-state index is 12.6. The summed E-state index contributed by atoms with van der Waals surface area (Å²) in [4.78, 5) is 38.3. The van der Waals surface area contributed by atoms with Gasteiger partial charge in [-0.05, 0) is 50.8 Å². The Hall–Kier alpha value is -2.37. The number of fused-ring (bicyclic) bond motifs is 1. The molecule has 1 aromatic carbocycles. The van der Waals surface area contributed by atoms with Gasteiger partial charge in [0.1, 0.15) is 12.3 Å². The lowest BCUT2D eigenvalue weighted by Crippen LogP contribution is -2.51. The fourth-order valence-corrected chi connectivity index (χ4v) is 3.72. The molecule has 3 atom stereocenters. The first-order chi connectivity index (χ1) is 12.4. The highest BCUT2D eigenvalue weighted by atomic mass is 16.5. The number of nitrogens with one attached hydrogen (secondary N) is 1. The van der Waals surface area contributed by atoms with Gasteiger partial charge in [0, 0.05) is 11.6 Å². The molecule has 26 heavy (non-hydrogen) atoms.